The Kier molecular flexibility index (Phi) is 5.11. The number of nitro benzene ring substituents is 1. The number of aliphatic hydroxyl groups is 1. The SMILES string of the molecule is O=[N+]([O-])c1ccc2c(c1)C(N1CCOCC1)C(CC1CCC(O)CC1)O2. The predicted octanol–water partition coefficient (Wildman–Crippen LogP) is 2.67. The highest BCUT2D eigenvalue weighted by molar-refractivity contribution is 5.48. The fraction of sp³-hybridized carbons (Fsp3) is 0.684. The van der Waals surface area contributed by atoms with Crippen molar-refractivity contribution in [2.45, 2.75) is 50.4 Å². The van der Waals surface area contributed by atoms with E-state index in [2.05, 4.69) is 4.90 Å². The van der Waals surface area contributed by atoms with Gasteiger partial charge >= 0.3 is 0 Å². The lowest BCUT2D eigenvalue weighted by molar-refractivity contribution is -0.384. The smallest absolute Gasteiger partial charge is 0.270 e. The summed E-state index contributed by atoms with van der Waals surface area (Å²) in [6.07, 6.45) is 4.53. The van der Waals surface area contributed by atoms with Crippen LogP contribution in [0, 0.1) is 16.0 Å². The molecule has 3 aliphatic rings. The van der Waals surface area contributed by atoms with Crippen LogP contribution in [-0.2, 0) is 4.74 Å². The average molecular weight is 362 g/mol. The quantitative estimate of drug-likeness (QED) is 0.655. The molecule has 142 valence electrons. The molecule has 1 aromatic carbocycles. The molecular formula is C19H26N2O5. The van der Waals surface area contributed by atoms with Crippen molar-refractivity contribution in [1.82, 2.24) is 4.90 Å². The summed E-state index contributed by atoms with van der Waals surface area (Å²) in [5, 5.41) is 21.0. The van der Waals surface area contributed by atoms with E-state index < -0.39 is 0 Å². The Bertz CT molecular complexity index is 653. The molecule has 2 aliphatic heterocycles. The van der Waals surface area contributed by atoms with E-state index in [-0.39, 0.29) is 28.9 Å². The third kappa shape index (κ3) is 3.56. The Morgan fingerprint density at radius 2 is 1.92 bits per heavy atom. The van der Waals surface area contributed by atoms with E-state index in [1.54, 1.807) is 12.1 Å². The summed E-state index contributed by atoms with van der Waals surface area (Å²) in [6.45, 7) is 3.00. The summed E-state index contributed by atoms with van der Waals surface area (Å²) < 4.78 is 11.8. The summed E-state index contributed by atoms with van der Waals surface area (Å²) in [4.78, 5) is 13.2. The van der Waals surface area contributed by atoms with Gasteiger partial charge in [-0.05, 0) is 44.1 Å². The van der Waals surface area contributed by atoms with Gasteiger partial charge < -0.3 is 14.6 Å². The lowest BCUT2D eigenvalue weighted by Crippen LogP contribution is -2.43. The first kappa shape index (κ1) is 17.7. The summed E-state index contributed by atoms with van der Waals surface area (Å²) in [6, 6.07) is 4.99. The number of hydrogen-bond donors (Lipinski definition) is 1. The number of nitrogens with zero attached hydrogens (tertiary/aromatic N) is 2. The van der Waals surface area contributed by atoms with Crippen LogP contribution >= 0.6 is 0 Å². The van der Waals surface area contributed by atoms with Gasteiger partial charge in [-0.1, -0.05) is 0 Å². The first-order valence-corrected chi connectivity index (χ1v) is 9.56. The van der Waals surface area contributed by atoms with Crippen LogP contribution in [0.3, 0.4) is 0 Å². The first-order chi connectivity index (χ1) is 12.6. The summed E-state index contributed by atoms with van der Waals surface area (Å²) in [5.74, 6) is 1.31. The molecule has 2 atom stereocenters. The molecule has 26 heavy (non-hydrogen) atoms. The predicted molar refractivity (Wildman–Crippen MR) is 95.2 cm³/mol. The van der Waals surface area contributed by atoms with Crippen LogP contribution < -0.4 is 4.74 Å². The number of morpholine rings is 1. The molecule has 0 amide bonds. The number of rotatable bonds is 4. The van der Waals surface area contributed by atoms with Crippen molar-refractivity contribution in [1.29, 1.82) is 0 Å². The van der Waals surface area contributed by atoms with E-state index in [0.717, 1.165) is 56.5 Å². The molecule has 0 bridgehead atoms. The van der Waals surface area contributed by atoms with Crippen molar-refractivity contribution in [2.75, 3.05) is 26.3 Å². The van der Waals surface area contributed by atoms with Gasteiger partial charge in [0.2, 0.25) is 0 Å². The van der Waals surface area contributed by atoms with Crippen molar-refractivity contribution in [2.24, 2.45) is 5.92 Å². The van der Waals surface area contributed by atoms with E-state index in [4.69, 9.17) is 9.47 Å². The summed E-state index contributed by atoms with van der Waals surface area (Å²) in [7, 11) is 0. The minimum absolute atomic E-state index is 0.00495. The molecule has 7 nitrogen and oxygen atoms in total. The van der Waals surface area contributed by atoms with Gasteiger partial charge in [-0.15, -0.1) is 0 Å². The van der Waals surface area contributed by atoms with Gasteiger partial charge in [-0.2, -0.15) is 0 Å². The monoisotopic (exact) mass is 362 g/mol. The van der Waals surface area contributed by atoms with Crippen molar-refractivity contribution in [3.8, 4) is 5.75 Å². The molecular weight excluding hydrogens is 336 g/mol. The maximum absolute atomic E-state index is 11.2. The summed E-state index contributed by atoms with van der Waals surface area (Å²) >= 11 is 0. The largest absolute Gasteiger partial charge is 0.488 e. The number of fused-ring (bicyclic) bond motifs is 1. The molecule has 2 heterocycles. The highest BCUT2D eigenvalue weighted by Crippen LogP contribution is 2.45. The van der Waals surface area contributed by atoms with Gasteiger partial charge in [0.1, 0.15) is 11.9 Å². The fourth-order valence-corrected chi connectivity index (χ4v) is 4.59. The zero-order chi connectivity index (χ0) is 18.1. The van der Waals surface area contributed by atoms with Gasteiger partial charge in [0, 0.05) is 30.8 Å². The number of ether oxygens (including phenoxy) is 2. The number of nitro groups is 1. The standard InChI is InChI=1S/C19H26N2O5/c22-15-4-1-13(2-5-15)11-18-19(20-7-9-25-10-8-20)16-12-14(21(23)24)3-6-17(16)26-18/h3,6,12-13,15,18-19,22H,1-2,4-5,7-11H2. The first-order valence-electron chi connectivity index (χ1n) is 9.56. The van der Waals surface area contributed by atoms with Crippen molar-refractivity contribution < 1.29 is 19.5 Å². The van der Waals surface area contributed by atoms with Gasteiger partial charge in [0.15, 0.2) is 0 Å². The van der Waals surface area contributed by atoms with E-state index in [1.807, 2.05) is 0 Å². The average Bonchev–Trinajstić information content (AvgIpc) is 3.01. The van der Waals surface area contributed by atoms with Crippen molar-refractivity contribution in [3.63, 3.8) is 0 Å². The molecule has 2 fully saturated rings. The number of benzene rings is 1. The van der Waals surface area contributed by atoms with Gasteiger partial charge in [0.05, 0.1) is 30.3 Å². The number of hydrogen-bond acceptors (Lipinski definition) is 6. The van der Waals surface area contributed by atoms with E-state index in [0.29, 0.717) is 19.1 Å². The van der Waals surface area contributed by atoms with Crippen LogP contribution in [0.15, 0.2) is 18.2 Å². The molecule has 2 unspecified atom stereocenters. The number of aliphatic hydroxyl groups excluding tert-OH is 1. The third-order valence-corrected chi connectivity index (χ3v) is 5.97. The molecule has 7 heteroatoms. The van der Waals surface area contributed by atoms with E-state index in [1.165, 1.54) is 6.07 Å². The minimum atomic E-state index is -0.341. The summed E-state index contributed by atoms with van der Waals surface area (Å²) in [5.41, 5.74) is 1.05. The third-order valence-electron chi connectivity index (χ3n) is 5.97. The Labute approximate surface area is 153 Å². The Morgan fingerprint density at radius 1 is 1.19 bits per heavy atom. The zero-order valence-electron chi connectivity index (χ0n) is 14.9. The second kappa shape index (κ2) is 7.50. The van der Waals surface area contributed by atoms with Crippen LogP contribution in [0.4, 0.5) is 5.69 Å². The topological polar surface area (TPSA) is 85.1 Å². The maximum Gasteiger partial charge on any atom is 0.270 e. The molecule has 1 saturated carbocycles. The Balaban J connectivity index is 1.57. The Morgan fingerprint density at radius 3 is 2.62 bits per heavy atom. The number of non-ortho nitro benzene ring substituents is 1. The molecule has 1 N–H and O–H groups in total. The fourth-order valence-electron chi connectivity index (χ4n) is 4.59. The lowest BCUT2D eigenvalue weighted by Gasteiger charge is -2.36. The molecule has 0 radical (unpaired) electrons. The second-order valence-electron chi connectivity index (χ2n) is 7.64. The molecule has 0 spiro atoms. The van der Waals surface area contributed by atoms with Gasteiger partial charge in [-0.25, -0.2) is 0 Å². The molecule has 0 aromatic heterocycles. The van der Waals surface area contributed by atoms with E-state index >= 15 is 0 Å². The van der Waals surface area contributed by atoms with Crippen LogP contribution in [-0.4, -0.2) is 53.4 Å². The minimum Gasteiger partial charge on any atom is -0.488 e. The van der Waals surface area contributed by atoms with Crippen LogP contribution in [0.2, 0.25) is 0 Å². The van der Waals surface area contributed by atoms with Crippen LogP contribution in [0.5, 0.6) is 5.75 Å². The van der Waals surface area contributed by atoms with Crippen LogP contribution in [0.1, 0.15) is 43.7 Å². The van der Waals surface area contributed by atoms with Crippen LogP contribution in [0.25, 0.3) is 0 Å². The Hall–Kier alpha value is -1.70. The molecule has 1 aliphatic carbocycles. The maximum atomic E-state index is 11.2. The molecule has 4 rings (SSSR count). The lowest BCUT2D eigenvalue weighted by atomic mass is 9.82. The van der Waals surface area contributed by atoms with Crippen molar-refractivity contribution in [3.05, 3.63) is 33.9 Å². The normalized spacial score (nSPS) is 32.0. The van der Waals surface area contributed by atoms with Gasteiger partial charge in [0.25, 0.3) is 5.69 Å². The molecule has 1 aromatic rings. The zero-order valence-corrected chi connectivity index (χ0v) is 14.9. The van der Waals surface area contributed by atoms with Crippen molar-refractivity contribution >= 4 is 5.69 Å². The highest BCUT2D eigenvalue weighted by Gasteiger charge is 2.41. The highest BCUT2D eigenvalue weighted by atomic mass is 16.6. The second-order valence-corrected chi connectivity index (χ2v) is 7.64. The molecule has 1 saturated heterocycles. The van der Waals surface area contributed by atoms with E-state index in [9.17, 15) is 15.2 Å². The van der Waals surface area contributed by atoms with Gasteiger partial charge in [-0.3, -0.25) is 15.0 Å².